The van der Waals surface area contributed by atoms with E-state index in [4.69, 9.17) is 5.11 Å². The number of aromatic nitrogens is 2. The van der Waals surface area contributed by atoms with Gasteiger partial charge in [-0.15, -0.1) is 22.7 Å². The molecular formula is C16H16N4O2S2. The van der Waals surface area contributed by atoms with Crippen LogP contribution in [-0.4, -0.2) is 52.1 Å². The number of hydrogen-bond donors (Lipinski definition) is 1. The minimum atomic E-state index is -0.848. The van der Waals surface area contributed by atoms with Crippen LogP contribution < -0.4 is 4.90 Å². The van der Waals surface area contributed by atoms with Gasteiger partial charge in [0, 0.05) is 32.7 Å². The third-order valence-electron chi connectivity index (χ3n) is 4.18. The van der Waals surface area contributed by atoms with Crippen molar-refractivity contribution in [1.29, 1.82) is 0 Å². The monoisotopic (exact) mass is 360 g/mol. The molecule has 0 bridgehead atoms. The molecule has 4 rings (SSSR count). The molecule has 0 radical (unpaired) electrons. The maximum atomic E-state index is 11.0. The van der Waals surface area contributed by atoms with Gasteiger partial charge in [-0.3, -0.25) is 4.90 Å². The van der Waals surface area contributed by atoms with E-state index in [9.17, 15) is 4.79 Å². The molecule has 0 aromatic carbocycles. The Hall–Kier alpha value is -2.03. The fourth-order valence-electron chi connectivity index (χ4n) is 2.98. The Morgan fingerprint density at radius 1 is 1.21 bits per heavy atom. The molecule has 0 amide bonds. The van der Waals surface area contributed by atoms with Crippen LogP contribution in [0.2, 0.25) is 0 Å². The summed E-state index contributed by atoms with van der Waals surface area (Å²) in [5, 5.41) is 14.1. The van der Waals surface area contributed by atoms with Crippen LogP contribution >= 0.6 is 22.7 Å². The Kier molecular flexibility index (Phi) is 4.17. The molecule has 0 atom stereocenters. The van der Waals surface area contributed by atoms with Crippen molar-refractivity contribution in [2.45, 2.75) is 6.54 Å². The van der Waals surface area contributed by atoms with Crippen LogP contribution in [0.3, 0.4) is 0 Å². The molecule has 1 fully saturated rings. The maximum Gasteiger partial charge on any atom is 0.345 e. The van der Waals surface area contributed by atoms with Gasteiger partial charge in [-0.2, -0.15) is 0 Å². The lowest BCUT2D eigenvalue weighted by atomic mass is 10.2. The van der Waals surface area contributed by atoms with E-state index in [1.165, 1.54) is 11.3 Å². The minimum absolute atomic E-state index is 0.407. The van der Waals surface area contributed by atoms with Crippen molar-refractivity contribution in [2.75, 3.05) is 31.1 Å². The molecule has 6 nitrogen and oxygen atoms in total. The average Bonchev–Trinajstić information content (AvgIpc) is 3.24. The van der Waals surface area contributed by atoms with E-state index in [0.717, 1.165) is 54.3 Å². The number of piperazine rings is 1. The first-order chi connectivity index (χ1) is 11.7. The Bertz CT molecular complexity index is 868. The summed E-state index contributed by atoms with van der Waals surface area (Å²) in [5.74, 6) is 0.171. The molecule has 0 spiro atoms. The van der Waals surface area contributed by atoms with E-state index >= 15 is 0 Å². The Morgan fingerprint density at radius 3 is 2.79 bits per heavy atom. The Morgan fingerprint density at radius 2 is 2.04 bits per heavy atom. The highest BCUT2D eigenvalue weighted by Crippen LogP contribution is 2.27. The average molecular weight is 360 g/mol. The summed E-state index contributed by atoms with van der Waals surface area (Å²) < 4.78 is 0. The molecule has 124 valence electrons. The zero-order valence-corrected chi connectivity index (χ0v) is 14.5. The van der Waals surface area contributed by atoms with Crippen molar-refractivity contribution >= 4 is 44.7 Å². The van der Waals surface area contributed by atoms with Crippen LogP contribution in [0.1, 0.15) is 15.2 Å². The second kappa shape index (κ2) is 6.46. The first-order valence-electron chi connectivity index (χ1n) is 7.67. The lowest BCUT2D eigenvalue weighted by Gasteiger charge is -2.35. The van der Waals surface area contributed by atoms with Crippen molar-refractivity contribution in [3.63, 3.8) is 0 Å². The van der Waals surface area contributed by atoms with E-state index in [1.807, 2.05) is 5.38 Å². The third-order valence-corrected chi connectivity index (χ3v) is 5.97. The number of carboxylic acid groups (broad SMARTS) is 1. The highest BCUT2D eigenvalue weighted by molar-refractivity contribution is 7.16. The largest absolute Gasteiger partial charge is 0.477 e. The Balaban J connectivity index is 1.41. The van der Waals surface area contributed by atoms with Gasteiger partial charge in [-0.25, -0.2) is 14.8 Å². The van der Waals surface area contributed by atoms with Gasteiger partial charge in [-0.05, 0) is 28.5 Å². The standard InChI is InChI=1S/C16H16N4O2S2/c21-16(22)13-7-11(9-24-13)8-19-2-4-20(5-3-19)14-12-1-6-23-15(12)18-10-17-14/h1,6-7,9-10H,2-5,8H2,(H,21,22). The topological polar surface area (TPSA) is 69.6 Å². The molecule has 24 heavy (non-hydrogen) atoms. The highest BCUT2D eigenvalue weighted by atomic mass is 32.1. The molecule has 1 saturated heterocycles. The van der Waals surface area contributed by atoms with E-state index in [0.29, 0.717) is 4.88 Å². The van der Waals surface area contributed by atoms with Gasteiger partial charge in [0.15, 0.2) is 0 Å². The second-order valence-corrected chi connectivity index (χ2v) is 7.53. The van der Waals surface area contributed by atoms with Gasteiger partial charge in [0.25, 0.3) is 0 Å². The van der Waals surface area contributed by atoms with Crippen molar-refractivity contribution < 1.29 is 9.90 Å². The first kappa shape index (κ1) is 15.5. The highest BCUT2D eigenvalue weighted by Gasteiger charge is 2.20. The molecule has 3 aromatic heterocycles. The fraction of sp³-hybridized carbons (Fsp3) is 0.312. The lowest BCUT2D eigenvalue weighted by molar-refractivity contribution is 0.0702. The smallest absolute Gasteiger partial charge is 0.345 e. The predicted molar refractivity (Wildman–Crippen MR) is 96.2 cm³/mol. The van der Waals surface area contributed by atoms with Crippen molar-refractivity contribution in [3.05, 3.63) is 39.7 Å². The summed E-state index contributed by atoms with van der Waals surface area (Å²) in [5.41, 5.74) is 1.08. The fourth-order valence-corrected chi connectivity index (χ4v) is 4.44. The molecule has 1 aliphatic rings. The van der Waals surface area contributed by atoms with Crippen LogP contribution in [0.25, 0.3) is 10.2 Å². The number of nitrogens with zero attached hydrogens (tertiary/aromatic N) is 4. The predicted octanol–water partition coefficient (Wildman–Crippen LogP) is 2.77. The van der Waals surface area contributed by atoms with Crippen LogP contribution in [0.5, 0.6) is 0 Å². The van der Waals surface area contributed by atoms with Gasteiger partial charge in [0.1, 0.15) is 21.9 Å². The number of thiophene rings is 2. The van der Waals surface area contributed by atoms with Crippen LogP contribution in [0.4, 0.5) is 5.82 Å². The summed E-state index contributed by atoms with van der Waals surface area (Å²) >= 11 is 2.93. The molecule has 8 heteroatoms. The van der Waals surface area contributed by atoms with E-state index in [2.05, 4.69) is 31.2 Å². The first-order valence-corrected chi connectivity index (χ1v) is 9.43. The zero-order valence-electron chi connectivity index (χ0n) is 12.9. The number of carbonyl (C=O) groups is 1. The molecule has 4 heterocycles. The number of anilines is 1. The summed E-state index contributed by atoms with van der Waals surface area (Å²) in [6.07, 6.45) is 1.64. The van der Waals surface area contributed by atoms with Crippen molar-refractivity contribution in [3.8, 4) is 0 Å². The van der Waals surface area contributed by atoms with Crippen LogP contribution in [-0.2, 0) is 6.54 Å². The Labute approximate surface area is 147 Å². The quantitative estimate of drug-likeness (QED) is 0.771. The number of rotatable bonds is 4. The van der Waals surface area contributed by atoms with Gasteiger partial charge in [-0.1, -0.05) is 0 Å². The molecular weight excluding hydrogens is 344 g/mol. The lowest BCUT2D eigenvalue weighted by Crippen LogP contribution is -2.46. The van der Waals surface area contributed by atoms with Gasteiger partial charge in [0.05, 0.1) is 5.39 Å². The molecule has 0 aliphatic carbocycles. The molecule has 1 N–H and O–H groups in total. The summed E-state index contributed by atoms with van der Waals surface area (Å²) in [4.78, 5) is 25.9. The van der Waals surface area contributed by atoms with Crippen molar-refractivity contribution in [1.82, 2.24) is 14.9 Å². The van der Waals surface area contributed by atoms with Crippen LogP contribution in [0.15, 0.2) is 29.2 Å². The molecule has 0 unspecified atom stereocenters. The number of carboxylic acids is 1. The summed E-state index contributed by atoms with van der Waals surface area (Å²) in [7, 11) is 0. The second-order valence-electron chi connectivity index (χ2n) is 5.72. The van der Waals surface area contributed by atoms with Crippen molar-refractivity contribution in [2.24, 2.45) is 0 Å². The molecule has 3 aromatic rings. The van der Waals surface area contributed by atoms with E-state index in [1.54, 1.807) is 23.7 Å². The maximum absolute atomic E-state index is 11.0. The van der Waals surface area contributed by atoms with Crippen LogP contribution in [0, 0.1) is 0 Å². The SMILES string of the molecule is O=C(O)c1cc(CN2CCN(c3ncnc4sccc34)CC2)cs1. The normalized spacial score (nSPS) is 15.9. The molecule has 1 aliphatic heterocycles. The van der Waals surface area contributed by atoms with Gasteiger partial charge in [0.2, 0.25) is 0 Å². The van der Waals surface area contributed by atoms with Gasteiger partial charge >= 0.3 is 5.97 Å². The van der Waals surface area contributed by atoms with Gasteiger partial charge < -0.3 is 10.0 Å². The minimum Gasteiger partial charge on any atom is -0.477 e. The summed E-state index contributed by atoms with van der Waals surface area (Å²) in [6, 6.07) is 3.86. The number of hydrogen-bond acceptors (Lipinski definition) is 7. The molecule has 0 saturated carbocycles. The number of aromatic carboxylic acids is 1. The third kappa shape index (κ3) is 3.00. The van der Waals surface area contributed by atoms with E-state index < -0.39 is 5.97 Å². The zero-order chi connectivity index (χ0) is 16.5. The van der Waals surface area contributed by atoms with E-state index in [-0.39, 0.29) is 0 Å². The number of fused-ring (bicyclic) bond motifs is 1. The summed E-state index contributed by atoms with van der Waals surface area (Å²) in [6.45, 7) is 4.51.